The van der Waals surface area contributed by atoms with E-state index >= 15 is 0 Å². The van der Waals surface area contributed by atoms with E-state index in [1.165, 1.54) is 5.56 Å². The molecule has 1 unspecified atom stereocenters. The molecule has 3 heteroatoms. The third-order valence-corrected chi connectivity index (χ3v) is 3.16. The normalized spacial score (nSPS) is 12.6. The number of aliphatic hydroxyl groups is 1. The number of amides is 1. The molecule has 3 nitrogen and oxygen atoms in total. The summed E-state index contributed by atoms with van der Waals surface area (Å²) in [6, 6.07) is 6.18. The van der Waals surface area contributed by atoms with Crippen LogP contribution in [0.3, 0.4) is 0 Å². The van der Waals surface area contributed by atoms with Crippen LogP contribution in [0.15, 0.2) is 24.3 Å². The van der Waals surface area contributed by atoms with Gasteiger partial charge in [-0.3, -0.25) is 4.79 Å². The Kier molecular flexibility index (Phi) is 6.30. The van der Waals surface area contributed by atoms with E-state index in [2.05, 4.69) is 11.4 Å². The number of aryl methyl sites for hydroxylation is 2. The molecular formula is C16H23NO2. The van der Waals surface area contributed by atoms with E-state index in [0.717, 1.165) is 17.5 Å². The quantitative estimate of drug-likeness (QED) is 0.773. The number of hydrogen-bond donors (Lipinski definition) is 2. The molecule has 1 aromatic carbocycles. The number of hydrogen-bond acceptors (Lipinski definition) is 2. The number of nitrogens with one attached hydrogen (secondary N) is 1. The summed E-state index contributed by atoms with van der Waals surface area (Å²) in [7, 11) is 0. The third kappa shape index (κ3) is 5.26. The van der Waals surface area contributed by atoms with Crippen LogP contribution in [0.2, 0.25) is 0 Å². The second-order valence-electron chi connectivity index (χ2n) is 4.82. The van der Waals surface area contributed by atoms with E-state index in [0.29, 0.717) is 6.42 Å². The van der Waals surface area contributed by atoms with Crippen molar-refractivity contribution in [3.63, 3.8) is 0 Å². The monoisotopic (exact) mass is 261 g/mol. The molecule has 0 heterocycles. The van der Waals surface area contributed by atoms with Gasteiger partial charge in [0.15, 0.2) is 0 Å². The van der Waals surface area contributed by atoms with Gasteiger partial charge < -0.3 is 10.4 Å². The molecule has 1 amide bonds. The van der Waals surface area contributed by atoms with Crippen molar-refractivity contribution in [3.05, 3.63) is 41.0 Å². The maximum Gasteiger partial charge on any atom is 0.244 e. The lowest BCUT2D eigenvalue weighted by Crippen LogP contribution is -2.33. The highest BCUT2D eigenvalue weighted by Crippen LogP contribution is 2.12. The van der Waals surface area contributed by atoms with Gasteiger partial charge >= 0.3 is 0 Å². The lowest BCUT2D eigenvalue weighted by atomic mass is 10.1. The molecule has 0 saturated heterocycles. The molecule has 19 heavy (non-hydrogen) atoms. The largest absolute Gasteiger partial charge is 0.396 e. The van der Waals surface area contributed by atoms with Gasteiger partial charge in [0.25, 0.3) is 0 Å². The molecule has 1 aromatic rings. The van der Waals surface area contributed by atoms with Gasteiger partial charge in [-0.25, -0.2) is 0 Å². The fraction of sp³-hybridized carbons (Fsp3) is 0.438. The Balaban J connectivity index is 2.62. The van der Waals surface area contributed by atoms with Crippen LogP contribution in [0.25, 0.3) is 6.08 Å². The first-order chi connectivity index (χ1) is 9.06. The van der Waals surface area contributed by atoms with Crippen LogP contribution in [0.5, 0.6) is 0 Å². The van der Waals surface area contributed by atoms with Crippen molar-refractivity contribution in [2.24, 2.45) is 0 Å². The molecular weight excluding hydrogens is 238 g/mol. The predicted molar refractivity (Wildman–Crippen MR) is 78.9 cm³/mol. The zero-order valence-corrected chi connectivity index (χ0v) is 11.9. The van der Waals surface area contributed by atoms with Crippen LogP contribution in [-0.4, -0.2) is 23.7 Å². The molecule has 0 aliphatic rings. The summed E-state index contributed by atoms with van der Waals surface area (Å²) in [5.74, 6) is -0.111. The maximum atomic E-state index is 11.8. The Bertz CT molecular complexity index is 452. The third-order valence-electron chi connectivity index (χ3n) is 3.16. The molecule has 0 bridgehead atoms. The van der Waals surface area contributed by atoms with Gasteiger partial charge in [-0.2, -0.15) is 0 Å². The highest BCUT2D eigenvalue weighted by Gasteiger charge is 2.07. The van der Waals surface area contributed by atoms with Gasteiger partial charge in [-0.1, -0.05) is 30.7 Å². The molecule has 1 rings (SSSR count). The smallest absolute Gasteiger partial charge is 0.244 e. The van der Waals surface area contributed by atoms with Gasteiger partial charge in [0, 0.05) is 18.7 Å². The SMILES string of the molecule is CCC(CCO)NC(=O)/C=C/c1ccc(C)cc1C. The number of carbonyl (C=O) groups excluding carboxylic acids is 1. The number of aliphatic hydroxyl groups excluding tert-OH is 1. The molecule has 0 saturated carbocycles. The highest BCUT2D eigenvalue weighted by molar-refractivity contribution is 5.92. The van der Waals surface area contributed by atoms with Gasteiger partial charge in [-0.15, -0.1) is 0 Å². The lowest BCUT2D eigenvalue weighted by molar-refractivity contribution is -0.117. The van der Waals surface area contributed by atoms with Crippen LogP contribution in [0.1, 0.15) is 36.5 Å². The summed E-state index contributed by atoms with van der Waals surface area (Å²) >= 11 is 0. The Hall–Kier alpha value is -1.61. The summed E-state index contributed by atoms with van der Waals surface area (Å²) in [6.45, 7) is 6.17. The predicted octanol–water partition coefficient (Wildman–Crippen LogP) is 2.59. The van der Waals surface area contributed by atoms with Crippen molar-refractivity contribution in [2.75, 3.05) is 6.61 Å². The zero-order valence-electron chi connectivity index (χ0n) is 11.9. The summed E-state index contributed by atoms with van der Waals surface area (Å²) in [4.78, 5) is 11.8. The summed E-state index contributed by atoms with van der Waals surface area (Å²) in [5.41, 5.74) is 3.43. The number of rotatable bonds is 6. The van der Waals surface area contributed by atoms with Crippen molar-refractivity contribution in [1.82, 2.24) is 5.32 Å². The second-order valence-corrected chi connectivity index (χ2v) is 4.82. The summed E-state index contributed by atoms with van der Waals surface area (Å²) in [6.07, 6.45) is 4.80. The molecule has 0 radical (unpaired) electrons. The Morgan fingerprint density at radius 3 is 2.74 bits per heavy atom. The Morgan fingerprint density at radius 2 is 2.16 bits per heavy atom. The van der Waals surface area contributed by atoms with Crippen molar-refractivity contribution in [3.8, 4) is 0 Å². The first kappa shape index (κ1) is 15.4. The molecule has 0 aliphatic carbocycles. The standard InChI is InChI=1S/C16H23NO2/c1-4-15(9-10-18)17-16(19)8-7-14-6-5-12(2)11-13(14)3/h5-8,11,15,18H,4,9-10H2,1-3H3,(H,17,19)/b8-7+. The van der Waals surface area contributed by atoms with Crippen LogP contribution in [0.4, 0.5) is 0 Å². The molecule has 0 spiro atoms. The van der Waals surface area contributed by atoms with Crippen LogP contribution in [-0.2, 0) is 4.79 Å². The van der Waals surface area contributed by atoms with Crippen LogP contribution < -0.4 is 5.32 Å². The first-order valence-corrected chi connectivity index (χ1v) is 6.73. The zero-order chi connectivity index (χ0) is 14.3. The average molecular weight is 261 g/mol. The number of benzene rings is 1. The molecule has 0 aromatic heterocycles. The fourth-order valence-corrected chi connectivity index (χ4v) is 1.96. The first-order valence-electron chi connectivity index (χ1n) is 6.73. The molecule has 104 valence electrons. The summed E-state index contributed by atoms with van der Waals surface area (Å²) in [5, 5.41) is 11.8. The van der Waals surface area contributed by atoms with E-state index in [4.69, 9.17) is 5.11 Å². The van der Waals surface area contributed by atoms with E-state index in [9.17, 15) is 4.79 Å². The Morgan fingerprint density at radius 1 is 1.42 bits per heavy atom. The van der Waals surface area contributed by atoms with Gasteiger partial charge in [0.1, 0.15) is 0 Å². The van der Waals surface area contributed by atoms with E-state index in [1.807, 2.05) is 39.0 Å². The van der Waals surface area contributed by atoms with Crippen LogP contribution in [0, 0.1) is 13.8 Å². The minimum absolute atomic E-state index is 0.0428. The minimum atomic E-state index is -0.111. The van der Waals surface area contributed by atoms with Crippen molar-refractivity contribution in [1.29, 1.82) is 0 Å². The molecule has 0 fully saturated rings. The van der Waals surface area contributed by atoms with E-state index < -0.39 is 0 Å². The lowest BCUT2D eigenvalue weighted by Gasteiger charge is -2.13. The van der Waals surface area contributed by atoms with Crippen molar-refractivity contribution < 1.29 is 9.90 Å². The topological polar surface area (TPSA) is 49.3 Å². The number of carbonyl (C=O) groups is 1. The molecule has 0 aliphatic heterocycles. The highest BCUT2D eigenvalue weighted by atomic mass is 16.3. The second kappa shape index (κ2) is 7.74. The molecule has 2 N–H and O–H groups in total. The Labute approximate surface area is 115 Å². The minimum Gasteiger partial charge on any atom is -0.396 e. The average Bonchev–Trinajstić information content (AvgIpc) is 2.37. The van der Waals surface area contributed by atoms with Gasteiger partial charge in [0.2, 0.25) is 5.91 Å². The fourth-order valence-electron chi connectivity index (χ4n) is 1.96. The summed E-state index contributed by atoms with van der Waals surface area (Å²) < 4.78 is 0. The van der Waals surface area contributed by atoms with E-state index in [-0.39, 0.29) is 18.6 Å². The van der Waals surface area contributed by atoms with Gasteiger partial charge in [-0.05, 0) is 43.9 Å². The van der Waals surface area contributed by atoms with Crippen LogP contribution >= 0.6 is 0 Å². The van der Waals surface area contributed by atoms with Crippen molar-refractivity contribution >= 4 is 12.0 Å². The molecule has 1 atom stereocenters. The van der Waals surface area contributed by atoms with E-state index in [1.54, 1.807) is 6.08 Å². The van der Waals surface area contributed by atoms with Crippen molar-refractivity contribution in [2.45, 2.75) is 39.7 Å². The maximum absolute atomic E-state index is 11.8. The van der Waals surface area contributed by atoms with Gasteiger partial charge in [0.05, 0.1) is 0 Å².